The molecule has 2 bridgehead atoms. The fourth-order valence-corrected chi connectivity index (χ4v) is 4.89. The Morgan fingerprint density at radius 3 is 2.53 bits per heavy atom. The van der Waals surface area contributed by atoms with Crippen LogP contribution >= 0.6 is 0 Å². The van der Waals surface area contributed by atoms with Gasteiger partial charge in [0.25, 0.3) is 0 Å². The van der Waals surface area contributed by atoms with Gasteiger partial charge >= 0.3 is 11.9 Å². The van der Waals surface area contributed by atoms with E-state index in [1.807, 2.05) is 20.8 Å². The predicted octanol–water partition coefficient (Wildman–Crippen LogP) is 3.00. The summed E-state index contributed by atoms with van der Waals surface area (Å²) in [6.45, 7) is 7.01. The van der Waals surface area contributed by atoms with E-state index in [1.54, 1.807) is 6.08 Å². The quantitative estimate of drug-likeness (QED) is 0.701. The number of methoxy groups -OCH3 is 1. The molecule has 2 heterocycles. The van der Waals surface area contributed by atoms with Crippen LogP contribution in [0.2, 0.25) is 0 Å². The summed E-state index contributed by atoms with van der Waals surface area (Å²) in [5.41, 5.74) is -1.16. The number of rotatable bonds is 3. The Morgan fingerprint density at radius 1 is 1.23 bits per heavy atom. The molecule has 0 aromatic carbocycles. The Kier molecular flexibility index (Phi) is 6.14. The van der Waals surface area contributed by atoms with E-state index in [1.165, 1.54) is 14.0 Å². The lowest BCUT2D eigenvalue weighted by Gasteiger charge is -2.45. The van der Waals surface area contributed by atoms with Crippen LogP contribution in [-0.2, 0) is 28.6 Å². The van der Waals surface area contributed by atoms with Crippen molar-refractivity contribution in [3.63, 3.8) is 0 Å². The van der Waals surface area contributed by atoms with Gasteiger partial charge in [-0.2, -0.15) is 0 Å². The largest absolute Gasteiger partial charge is 0.487 e. The third-order valence-corrected chi connectivity index (χ3v) is 6.90. The van der Waals surface area contributed by atoms with E-state index in [-0.39, 0.29) is 18.1 Å². The molecule has 166 valence electrons. The minimum atomic E-state index is -1.18. The van der Waals surface area contributed by atoms with E-state index in [0.717, 1.165) is 0 Å². The third kappa shape index (κ3) is 3.92. The molecule has 0 fully saturated rings. The lowest BCUT2D eigenvalue weighted by atomic mass is 9.68. The van der Waals surface area contributed by atoms with Gasteiger partial charge in [0.15, 0.2) is 5.78 Å². The van der Waals surface area contributed by atoms with Gasteiger partial charge in [0.05, 0.1) is 18.6 Å². The van der Waals surface area contributed by atoms with Gasteiger partial charge in [-0.05, 0) is 44.9 Å². The topological polar surface area (TPSA) is 99.1 Å². The summed E-state index contributed by atoms with van der Waals surface area (Å²) in [5, 5.41) is 11.6. The van der Waals surface area contributed by atoms with E-state index in [2.05, 4.69) is 0 Å². The first-order chi connectivity index (χ1) is 14.0. The molecule has 0 spiro atoms. The van der Waals surface area contributed by atoms with Gasteiger partial charge < -0.3 is 19.3 Å². The second-order valence-electron chi connectivity index (χ2n) is 9.12. The molecular formula is C23H32O7. The number of ether oxygens (including phenoxy) is 3. The molecule has 3 aliphatic rings. The van der Waals surface area contributed by atoms with Crippen LogP contribution in [0.3, 0.4) is 0 Å². The summed E-state index contributed by atoms with van der Waals surface area (Å²) in [6, 6.07) is 0. The molecule has 1 N–H and O–H groups in total. The second kappa shape index (κ2) is 8.17. The Bertz CT molecular complexity index is 808. The highest BCUT2D eigenvalue weighted by Crippen LogP contribution is 2.49. The summed E-state index contributed by atoms with van der Waals surface area (Å²) in [4.78, 5) is 37.3. The molecule has 2 aliphatic heterocycles. The van der Waals surface area contributed by atoms with Crippen molar-refractivity contribution in [1.82, 2.24) is 0 Å². The first-order valence-corrected chi connectivity index (χ1v) is 10.7. The Hall–Kier alpha value is -2.15. The number of fused-ring (bicyclic) bond motifs is 1. The monoisotopic (exact) mass is 420 g/mol. The number of hydrogen-bond donors (Lipinski definition) is 1. The first kappa shape index (κ1) is 22.5. The van der Waals surface area contributed by atoms with Crippen molar-refractivity contribution in [2.24, 2.45) is 11.8 Å². The van der Waals surface area contributed by atoms with Crippen LogP contribution in [0, 0.1) is 11.8 Å². The van der Waals surface area contributed by atoms with Gasteiger partial charge in [-0.1, -0.05) is 19.9 Å². The van der Waals surface area contributed by atoms with E-state index in [0.29, 0.717) is 49.0 Å². The van der Waals surface area contributed by atoms with Gasteiger partial charge in [-0.3, -0.25) is 9.59 Å². The van der Waals surface area contributed by atoms with Gasteiger partial charge in [0.1, 0.15) is 17.5 Å². The highest BCUT2D eigenvalue weighted by Gasteiger charge is 2.52. The van der Waals surface area contributed by atoms with E-state index >= 15 is 0 Å². The van der Waals surface area contributed by atoms with E-state index in [4.69, 9.17) is 14.2 Å². The minimum absolute atomic E-state index is 0.0142. The van der Waals surface area contributed by atoms with Crippen molar-refractivity contribution in [2.45, 2.75) is 83.5 Å². The number of carbonyl (C=O) groups is 3. The molecule has 0 unspecified atom stereocenters. The number of carbonyl (C=O) groups excluding carboxylic acids is 3. The van der Waals surface area contributed by atoms with E-state index < -0.39 is 35.2 Å². The highest BCUT2D eigenvalue weighted by molar-refractivity contribution is 5.96. The number of esters is 2. The molecule has 0 amide bonds. The van der Waals surface area contributed by atoms with Gasteiger partial charge in [0.2, 0.25) is 0 Å². The van der Waals surface area contributed by atoms with Crippen LogP contribution in [-0.4, -0.2) is 47.2 Å². The summed E-state index contributed by atoms with van der Waals surface area (Å²) in [5.74, 6) is -1.35. The molecule has 0 saturated heterocycles. The average Bonchev–Trinajstić information content (AvgIpc) is 2.77. The molecule has 30 heavy (non-hydrogen) atoms. The lowest BCUT2D eigenvalue weighted by molar-refractivity contribution is -0.168. The van der Waals surface area contributed by atoms with Crippen molar-refractivity contribution >= 4 is 17.7 Å². The van der Waals surface area contributed by atoms with Crippen molar-refractivity contribution < 1.29 is 33.7 Å². The second-order valence-corrected chi connectivity index (χ2v) is 9.12. The first-order valence-electron chi connectivity index (χ1n) is 10.7. The Morgan fingerprint density at radius 2 is 1.93 bits per heavy atom. The van der Waals surface area contributed by atoms with Crippen molar-refractivity contribution in [2.75, 3.05) is 7.11 Å². The van der Waals surface area contributed by atoms with Crippen LogP contribution in [0.5, 0.6) is 0 Å². The van der Waals surface area contributed by atoms with Gasteiger partial charge in [-0.25, -0.2) is 4.79 Å². The normalized spacial score (nSPS) is 34.1. The fraction of sp³-hybridized carbons (Fsp3) is 0.696. The maximum absolute atomic E-state index is 13.0. The van der Waals surface area contributed by atoms with Crippen LogP contribution in [0.1, 0.15) is 66.2 Å². The van der Waals surface area contributed by atoms with E-state index in [9.17, 15) is 19.5 Å². The molecule has 1 aliphatic carbocycles. The Balaban J connectivity index is 2.22. The van der Waals surface area contributed by atoms with Gasteiger partial charge in [0, 0.05) is 24.5 Å². The SMILES string of the molecule is COC(=O)C1=C[C@H]2C3=C(CC[C@@]2(O)C(C)C)C(=O)CC[C@](C)(O3)[C@H](OC(C)=O)CC1. The molecule has 0 radical (unpaired) electrons. The molecule has 7 nitrogen and oxygen atoms in total. The maximum atomic E-state index is 13.0. The smallest absolute Gasteiger partial charge is 0.333 e. The zero-order valence-corrected chi connectivity index (χ0v) is 18.4. The third-order valence-electron chi connectivity index (χ3n) is 6.90. The molecule has 0 aromatic heterocycles. The summed E-state index contributed by atoms with van der Waals surface area (Å²) < 4.78 is 17.1. The van der Waals surface area contributed by atoms with Gasteiger partial charge in [-0.15, -0.1) is 0 Å². The standard InChI is InChI=1S/C23H32O7/c1-13(2)23(27)11-8-16-18(25)9-10-22(4)19(29-14(3)24)7-6-15(21(26)28-5)12-17(23)20(16)30-22/h12-13,17,19,27H,6-11H2,1-5H3/t17-,19+,22-,23+/m0/s1. The lowest BCUT2D eigenvalue weighted by Crippen LogP contribution is -2.49. The maximum Gasteiger partial charge on any atom is 0.333 e. The van der Waals surface area contributed by atoms with Crippen LogP contribution in [0.4, 0.5) is 0 Å². The van der Waals surface area contributed by atoms with Crippen molar-refractivity contribution in [3.8, 4) is 0 Å². The van der Waals surface area contributed by atoms with Crippen molar-refractivity contribution in [3.05, 3.63) is 23.0 Å². The molecule has 3 rings (SSSR count). The number of hydrogen-bond acceptors (Lipinski definition) is 7. The summed E-state index contributed by atoms with van der Waals surface area (Å²) in [6.07, 6.45) is 3.20. The van der Waals surface area contributed by atoms with Crippen molar-refractivity contribution in [1.29, 1.82) is 0 Å². The predicted molar refractivity (Wildman–Crippen MR) is 108 cm³/mol. The molecule has 0 saturated carbocycles. The van der Waals surface area contributed by atoms with Crippen LogP contribution in [0.25, 0.3) is 0 Å². The minimum Gasteiger partial charge on any atom is -0.487 e. The number of Topliss-reactive ketones (excluding diaryl/α,β-unsaturated/α-hetero) is 1. The number of ketones is 1. The number of allylic oxidation sites excluding steroid dienone is 1. The number of aliphatic hydroxyl groups is 1. The molecule has 4 atom stereocenters. The molecular weight excluding hydrogens is 388 g/mol. The zero-order valence-electron chi connectivity index (χ0n) is 18.4. The Labute approximate surface area is 177 Å². The highest BCUT2D eigenvalue weighted by atomic mass is 16.6. The molecule has 0 aromatic rings. The summed E-state index contributed by atoms with van der Waals surface area (Å²) >= 11 is 0. The molecule has 7 heteroatoms. The van der Waals surface area contributed by atoms with Crippen LogP contribution in [0.15, 0.2) is 23.0 Å². The summed E-state index contributed by atoms with van der Waals surface area (Å²) in [7, 11) is 1.31. The average molecular weight is 421 g/mol. The fourth-order valence-electron chi connectivity index (χ4n) is 4.89. The van der Waals surface area contributed by atoms with Crippen LogP contribution < -0.4 is 0 Å². The zero-order chi connectivity index (χ0) is 22.3.